The molecular weight excluding hydrogens is 282 g/mol. The number of likely N-dealkylation sites (N-methyl/N-ethyl adjacent to an activating group) is 1. The van der Waals surface area contributed by atoms with Gasteiger partial charge in [0.05, 0.1) is 5.56 Å². The van der Waals surface area contributed by atoms with Gasteiger partial charge in [0, 0.05) is 19.6 Å². The third-order valence-corrected chi connectivity index (χ3v) is 4.16. The van der Waals surface area contributed by atoms with Crippen LogP contribution in [-0.2, 0) is 0 Å². The maximum atomic E-state index is 5.84. The van der Waals surface area contributed by atoms with Gasteiger partial charge in [-0.15, -0.1) is 0 Å². The SMILES string of the molecule is CN(CCOc1ccccc1C(N)=S)CC1CCN(C)C1. The minimum Gasteiger partial charge on any atom is -0.492 e. The number of para-hydroxylation sites is 1. The van der Waals surface area contributed by atoms with Crippen LogP contribution >= 0.6 is 12.2 Å². The molecule has 21 heavy (non-hydrogen) atoms. The van der Waals surface area contributed by atoms with Crippen LogP contribution in [0.5, 0.6) is 5.75 Å². The maximum absolute atomic E-state index is 5.84. The highest BCUT2D eigenvalue weighted by atomic mass is 32.1. The van der Waals surface area contributed by atoms with Gasteiger partial charge in [0.1, 0.15) is 17.3 Å². The minimum atomic E-state index is 0.382. The molecule has 1 atom stereocenters. The first-order valence-corrected chi connectivity index (χ1v) is 7.86. The molecule has 0 spiro atoms. The Kier molecular flexibility index (Phi) is 5.96. The van der Waals surface area contributed by atoms with Gasteiger partial charge in [-0.1, -0.05) is 24.4 Å². The average Bonchev–Trinajstić information content (AvgIpc) is 2.84. The molecule has 1 heterocycles. The summed E-state index contributed by atoms with van der Waals surface area (Å²) in [5, 5.41) is 0. The van der Waals surface area contributed by atoms with Crippen LogP contribution in [0, 0.1) is 5.92 Å². The number of ether oxygens (including phenoxy) is 1. The summed E-state index contributed by atoms with van der Waals surface area (Å²) in [4.78, 5) is 5.12. The quantitative estimate of drug-likeness (QED) is 0.775. The molecule has 5 heteroatoms. The number of likely N-dealkylation sites (tertiary alicyclic amines) is 1. The molecule has 1 aromatic carbocycles. The summed E-state index contributed by atoms with van der Waals surface area (Å²) < 4.78 is 5.84. The van der Waals surface area contributed by atoms with Gasteiger partial charge in [-0.3, -0.25) is 0 Å². The predicted molar refractivity (Wildman–Crippen MR) is 90.9 cm³/mol. The van der Waals surface area contributed by atoms with Crippen molar-refractivity contribution < 1.29 is 4.74 Å². The van der Waals surface area contributed by atoms with Gasteiger partial charge in [-0.05, 0) is 45.1 Å². The standard InChI is InChI=1S/C16H25N3OS/c1-18-8-7-13(11-18)12-19(2)9-10-20-15-6-4-3-5-14(15)16(17)21/h3-6,13H,7-12H2,1-2H3,(H2,17,21). The van der Waals surface area contributed by atoms with E-state index in [0.29, 0.717) is 11.6 Å². The molecule has 0 amide bonds. The van der Waals surface area contributed by atoms with Crippen LogP contribution in [0.3, 0.4) is 0 Å². The van der Waals surface area contributed by atoms with Gasteiger partial charge < -0.3 is 20.3 Å². The molecule has 0 saturated carbocycles. The summed E-state index contributed by atoms with van der Waals surface area (Å²) in [7, 11) is 4.34. The number of benzene rings is 1. The molecule has 1 aromatic rings. The van der Waals surface area contributed by atoms with E-state index in [4.69, 9.17) is 22.7 Å². The molecule has 0 radical (unpaired) electrons. The largest absolute Gasteiger partial charge is 0.492 e. The number of hydrogen-bond acceptors (Lipinski definition) is 4. The van der Waals surface area contributed by atoms with E-state index in [2.05, 4.69) is 23.9 Å². The summed E-state index contributed by atoms with van der Waals surface area (Å²) in [6.07, 6.45) is 1.30. The summed E-state index contributed by atoms with van der Waals surface area (Å²) in [5.74, 6) is 1.56. The third kappa shape index (κ3) is 4.95. The van der Waals surface area contributed by atoms with Crippen LogP contribution < -0.4 is 10.5 Å². The van der Waals surface area contributed by atoms with Crippen molar-refractivity contribution in [3.8, 4) is 5.75 Å². The topological polar surface area (TPSA) is 41.7 Å². The molecule has 1 aliphatic rings. The highest BCUT2D eigenvalue weighted by molar-refractivity contribution is 7.80. The minimum absolute atomic E-state index is 0.382. The molecule has 0 bridgehead atoms. The normalized spacial score (nSPS) is 19.1. The molecular formula is C16H25N3OS. The van der Waals surface area contributed by atoms with E-state index in [1.54, 1.807) is 0 Å². The van der Waals surface area contributed by atoms with E-state index in [1.807, 2.05) is 24.3 Å². The monoisotopic (exact) mass is 307 g/mol. The molecule has 2 rings (SSSR count). The summed E-state index contributed by atoms with van der Waals surface area (Å²) in [5.41, 5.74) is 6.52. The molecule has 0 aromatic heterocycles. The van der Waals surface area contributed by atoms with Gasteiger partial charge in [-0.25, -0.2) is 0 Å². The molecule has 1 unspecified atom stereocenters. The number of thiocarbonyl (C=S) groups is 1. The smallest absolute Gasteiger partial charge is 0.129 e. The van der Waals surface area contributed by atoms with Crippen molar-refractivity contribution in [1.82, 2.24) is 9.80 Å². The van der Waals surface area contributed by atoms with Crippen molar-refractivity contribution in [3.05, 3.63) is 29.8 Å². The zero-order chi connectivity index (χ0) is 15.2. The molecule has 1 saturated heterocycles. The number of nitrogens with zero attached hydrogens (tertiary/aromatic N) is 2. The summed E-state index contributed by atoms with van der Waals surface area (Å²) in [6.45, 7) is 5.11. The first kappa shape index (κ1) is 16.2. The Morgan fingerprint density at radius 2 is 2.24 bits per heavy atom. The van der Waals surface area contributed by atoms with Crippen molar-refractivity contribution in [2.75, 3.05) is 46.9 Å². The first-order valence-electron chi connectivity index (χ1n) is 7.45. The Morgan fingerprint density at radius 1 is 1.48 bits per heavy atom. The highest BCUT2D eigenvalue weighted by Gasteiger charge is 2.20. The fraction of sp³-hybridized carbons (Fsp3) is 0.562. The number of rotatable bonds is 7. The number of hydrogen-bond donors (Lipinski definition) is 1. The Hall–Kier alpha value is -1.17. The zero-order valence-electron chi connectivity index (χ0n) is 12.9. The lowest BCUT2D eigenvalue weighted by atomic mass is 10.1. The highest BCUT2D eigenvalue weighted by Crippen LogP contribution is 2.18. The Balaban J connectivity index is 1.75. The molecule has 4 nitrogen and oxygen atoms in total. The van der Waals surface area contributed by atoms with Gasteiger partial charge >= 0.3 is 0 Å². The first-order chi connectivity index (χ1) is 10.1. The lowest BCUT2D eigenvalue weighted by Gasteiger charge is -2.21. The fourth-order valence-electron chi connectivity index (χ4n) is 2.81. The Labute approximate surface area is 132 Å². The number of nitrogens with two attached hydrogens (primary N) is 1. The maximum Gasteiger partial charge on any atom is 0.129 e. The summed E-state index contributed by atoms with van der Waals surface area (Å²) >= 11 is 5.04. The average molecular weight is 307 g/mol. The van der Waals surface area contributed by atoms with Crippen LogP contribution in [0.4, 0.5) is 0 Å². The van der Waals surface area contributed by atoms with E-state index >= 15 is 0 Å². The van der Waals surface area contributed by atoms with Crippen molar-refractivity contribution in [2.45, 2.75) is 6.42 Å². The second-order valence-corrected chi connectivity index (χ2v) is 6.33. The van der Waals surface area contributed by atoms with Crippen molar-refractivity contribution in [3.63, 3.8) is 0 Å². The van der Waals surface area contributed by atoms with Crippen LogP contribution in [0.25, 0.3) is 0 Å². The lowest BCUT2D eigenvalue weighted by Crippen LogP contribution is -2.31. The fourth-order valence-corrected chi connectivity index (χ4v) is 2.98. The van der Waals surface area contributed by atoms with Crippen molar-refractivity contribution in [2.24, 2.45) is 11.7 Å². The molecule has 2 N–H and O–H groups in total. The molecule has 1 aliphatic heterocycles. The van der Waals surface area contributed by atoms with E-state index in [-0.39, 0.29) is 0 Å². The van der Waals surface area contributed by atoms with Crippen LogP contribution in [0.15, 0.2) is 24.3 Å². The predicted octanol–water partition coefficient (Wildman–Crippen LogP) is 1.58. The molecule has 116 valence electrons. The van der Waals surface area contributed by atoms with Crippen LogP contribution in [0.2, 0.25) is 0 Å². The van der Waals surface area contributed by atoms with Gasteiger partial charge in [0.25, 0.3) is 0 Å². The Morgan fingerprint density at radius 3 is 2.90 bits per heavy atom. The summed E-state index contributed by atoms with van der Waals surface area (Å²) in [6, 6.07) is 7.68. The van der Waals surface area contributed by atoms with Gasteiger partial charge in [0.15, 0.2) is 0 Å². The molecule has 1 fully saturated rings. The Bertz CT molecular complexity index is 480. The van der Waals surface area contributed by atoms with E-state index in [1.165, 1.54) is 19.5 Å². The van der Waals surface area contributed by atoms with Crippen LogP contribution in [0.1, 0.15) is 12.0 Å². The third-order valence-electron chi connectivity index (χ3n) is 3.94. The second kappa shape index (κ2) is 7.73. The van der Waals surface area contributed by atoms with Crippen molar-refractivity contribution in [1.29, 1.82) is 0 Å². The van der Waals surface area contributed by atoms with Crippen molar-refractivity contribution >= 4 is 17.2 Å². The van der Waals surface area contributed by atoms with E-state index in [0.717, 1.165) is 30.3 Å². The van der Waals surface area contributed by atoms with Gasteiger partial charge in [0.2, 0.25) is 0 Å². The lowest BCUT2D eigenvalue weighted by molar-refractivity contribution is 0.215. The molecule has 0 aliphatic carbocycles. The van der Waals surface area contributed by atoms with E-state index in [9.17, 15) is 0 Å². The van der Waals surface area contributed by atoms with Crippen LogP contribution in [-0.4, -0.2) is 61.7 Å². The van der Waals surface area contributed by atoms with E-state index < -0.39 is 0 Å². The second-order valence-electron chi connectivity index (χ2n) is 5.89. The van der Waals surface area contributed by atoms with Gasteiger partial charge in [-0.2, -0.15) is 0 Å². The zero-order valence-corrected chi connectivity index (χ0v) is 13.7.